The van der Waals surface area contributed by atoms with Gasteiger partial charge < -0.3 is 10.6 Å². The Kier molecular flexibility index (Phi) is 10.4. The third-order valence-corrected chi connectivity index (χ3v) is 6.87. The SMILES string of the molecule is CCC[C@@](C)(CS)NC[C@@](C)(CS)CC[C@@](C)(CS)NC. The van der Waals surface area contributed by atoms with Crippen LogP contribution >= 0.6 is 37.9 Å². The van der Waals surface area contributed by atoms with Crippen molar-refractivity contribution in [1.29, 1.82) is 0 Å². The molecule has 2 N–H and O–H groups in total. The number of rotatable bonds is 12. The van der Waals surface area contributed by atoms with Crippen LogP contribution in [0, 0.1) is 5.41 Å². The van der Waals surface area contributed by atoms with Crippen molar-refractivity contribution < 1.29 is 0 Å². The van der Waals surface area contributed by atoms with Crippen LogP contribution in [0.3, 0.4) is 0 Å². The predicted octanol–water partition coefficient (Wildman–Crippen LogP) is 3.69. The standard InChI is InChI=1S/C16H36N2S3/c1-6-7-16(4,13-21)18-10-14(2,11-19)8-9-15(3,12-20)17-5/h17-21H,6-13H2,1-5H3/t14-,15-,16-/m0/s1. The fourth-order valence-electron chi connectivity index (χ4n) is 2.29. The molecule has 0 saturated heterocycles. The fourth-order valence-corrected chi connectivity index (χ4v) is 3.14. The molecule has 3 atom stereocenters. The summed E-state index contributed by atoms with van der Waals surface area (Å²) in [5.74, 6) is 2.61. The molecule has 0 rings (SSSR count). The van der Waals surface area contributed by atoms with Gasteiger partial charge in [0.25, 0.3) is 0 Å². The number of hydrogen-bond donors (Lipinski definition) is 5. The zero-order valence-corrected chi connectivity index (χ0v) is 17.2. The molecular weight excluding hydrogens is 316 g/mol. The first-order chi connectivity index (χ1) is 9.72. The zero-order valence-electron chi connectivity index (χ0n) is 14.5. The molecule has 0 amide bonds. The molecule has 0 aromatic carbocycles. The predicted molar refractivity (Wildman–Crippen MR) is 108 cm³/mol. The van der Waals surface area contributed by atoms with Crippen LogP contribution in [0.2, 0.25) is 0 Å². The molecule has 0 heterocycles. The van der Waals surface area contributed by atoms with E-state index in [4.69, 9.17) is 0 Å². The highest BCUT2D eigenvalue weighted by Gasteiger charge is 2.30. The molecule has 0 aromatic heterocycles. The second-order valence-corrected chi connectivity index (χ2v) is 8.21. The van der Waals surface area contributed by atoms with Gasteiger partial charge in [-0.05, 0) is 51.3 Å². The third kappa shape index (κ3) is 7.87. The lowest BCUT2D eigenvalue weighted by molar-refractivity contribution is 0.235. The number of thiol groups is 3. The van der Waals surface area contributed by atoms with E-state index in [0.717, 1.165) is 43.1 Å². The summed E-state index contributed by atoms with van der Waals surface area (Å²) in [5, 5.41) is 7.14. The summed E-state index contributed by atoms with van der Waals surface area (Å²) in [6.07, 6.45) is 4.58. The van der Waals surface area contributed by atoms with Gasteiger partial charge >= 0.3 is 0 Å². The van der Waals surface area contributed by atoms with Crippen LogP contribution in [0.1, 0.15) is 53.4 Å². The van der Waals surface area contributed by atoms with E-state index in [0.29, 0.717) is 0 Å². The van der Waals surface area contributed by atoms with E-state index in [2.05, 4.69) is 76.2 Å². The highest BCUT2D eigenvalue weighted by Crippen LogP contribution is 2.29. The molecule has 2 nitrogen and oxygen atoms in total. The smallest absolute Gasteiger partial charge is 0.0241 e. The quantitative estimate of drug-likeness (QED) is 0.346. The summed E-state index contributed by atoms with van der Waals surface area (Å²) in [6, 6.07) is 0. The van der Waals surface area contributed by atoms with E-state index >= 15 is 0 Å². The van der Waals surface area contributed by atoms with Crippen LogP contribution in [-0.4, -0.2) is 41.9 Å². The van der Waals surface area contributed by atoms with E-state index in [1.165, 1.54) is 6.42 Å². The molecule has 21 heavy (non-hydrogen) atoms. The summed E-state index contributed by atoms with van der Waals surface area (Å²) in [4.78, 5) is 0. The third-order valence-electron chi connectivity index (χ3n) is 4.71. The van der Waals surface area contributed by atoms with Crippen molar-refractivity contribution in [3.05, 3.63) is 0 Å². The van der Waals surface area contributed by atoms with E-state index in [-0.39, 0.29) is 16.5 Å². The highest BCUT2D eigenvalue weighted by atomic mass is 32.1. The van der Waals surface area contributed by atoms with Gasteiger partial charge in [-0.15, -0.1) is 0 Å². The van der Waals surface area contributed by atoms with Gasteiger partial charge in [-0.25, -0.2) is 0 Å². The molecular formula is C16H36N2S3. The van der Waals surface area contributed by atoms with Crippen molar-refractivity contribution in [2.24, 2.45) is 5.41 Å². The summed E-state index contributed by atoms with van der Waals surface area (Å²) < 4.78 is 0. The largest absolute Gasteiger partial charge is 0.314 e. The Morgan fingerprint density at radius 2 is 1.38 bits per heavy atom. The Labute approximate surface area is 149 Å². The fraction of sp³-hybridized carbons (Fsp3) is 1.00. The van der Waals surface area contributed by atoms with Crippen LogP contribution < -0.4 is 10.6 Å². The maximum atomic E-state index is 4.60. The van der Waals surface area contributed by atoms with Gasteiger partial charge in [0.15, 0.2) is 0 Å². The highest BCUT2D eigenvalue weighted by molar-refractivity contribution is 7.80. The van der Waals surface area contributed by atoms with Crippen molar-refractivity contribution in [2.45, 2.75) is 64.5 Å². The monoisotopic (exact) mass is 352 g/mol. The maximum absolute atomic E-state index is 4.60. The Morgan fingerprint density at radius 1 is 0.810 bits per heavy atom. The molecule has 0 radical (unpaired) electrons. The first-order valence-electron chi connectivity index (χ1n) is 7.98. The molecule has 0 unspecified atom stereocenters. The number of nitrogens with one attached hydrogen (secondary N) is 2. The Morgan fingerprint density at radius 3 is 1.76 bits per heavy atom. The molecule has 0 spiro atoms. The summed E-state index contributed by atoms with van der Waals surface area (Å²) >= 11 is 13.6. The lowest BCUT2D eigenvalue weighted by Gasteiger charge is -2.38. The van der Waals surface area contributed by atoms with Crippen molar-refractivity contribution in [3.8, 4) is 0 Å². The summed E-state index contributed by atoms with van der Waals surface area (Å²) in [5.41, 5.74) is 0.420. The van der Waals surface area contributed by atoms with Crippen LogP contribution in [-0.2, 0) is 0 Å². The zero-order chi connectivity index (χ0) is 16.6. The minimum Gasteiger partial charge on any atom is -0.314 e. The molecule has 0 bridgehead atoms. The van der Waals surface area contributed by atoms with Crippen molar-refractivity contribution >= 4 is 37.9 Å². The molecule has 0 aliphatic carbocycles. The van der Waals surface area contributed by atoms with E-state index in [1.807, 2.05) is 7.05 Å². The molecule has 0 aliphatic rings. The minimum absolute atomic E-state index is 0.101. The molecule has 0 aliphatic heterocycles. The Balaban J connectivity index is 4.59. The second kappa shape index (κ2) is 9.96. The van der Waals surface area contributed by atoms with E-state index in [1.54, 1.807) is 0 Å². The van der Waals surface area contributed by atoms with E-state index in [9.17, 15) is 0 Å². The Bertz CT molecular complexity index is 285. The van der Waals surface area contributed by atoms with Gasteiger partial charge in [0, 0.05) is 29.1 Å². The van der Waals surface area contributed by atoms with Gasteiger partial charge in [-0.1, -0.05) is 20.3 Å². The van der Waals surface area contributed by atoms with Crippen LogP contribution in [0.5, 0.6) is 0 Å². The first kappa shape index (κ1) is 22.0. The first-order valence-corrected chi connectivity index (χ1v) is 9.88. The average molecular weight is 353 g/mol. The Hall–Kier alpha value is 0.970. The minimum atomic E-state index is 0.101. The molecule has 5 heteroatoms. The van der Waals surface area contributed by atoms with Gasteiger partial charge in [-0.2, -0.15) is 37.9 Å². The lowest BCUT2D eigenvalue weighted by Crippen LogP contribution is -2.50. The van der Waals surface area contributed by atoms with Crippen LogP contribution in [0.4, 0.5) is 0 Å². The lowest BCUT2D eigenvalue weighted by atomic mass is 9.81. The normalized spacial score (nSPS) is 20.6. The summed E-state index contributed by atoms with van der Waals surface area (Å²) in [6.45, 7) is 10.0. The van der Waals surface area contributed by atoms with Crippen LogP contribution in [0.15, 0.2) is 0 Å². The van der Waals surface area contributed by atoms with Gasteiger partial charge in [-0.3, -0.25) is 0 Å². The topological polar surface area (TPSA) is 24.1 Å². The number of hydrogen-bond acceptors (Lipinski definition) is 5. The van der Waals surface area contributed by atoms with Crippen molar-refractivity contribution in [3.63, 3.8) is 0 Å². The van der Waals surface area contributed by atoms with Crippen molar-refractivity contribution in [1.82, 2.24) is 10.6 Å². The molecule has 0 saturated carbocycles. The average Bonchev–Trinajstić information content (AvgIpc) is 2.51. The summed E-state index contributed by atoms with van der Waals surface area (Å²) in [7, 11) is 2.02. The molecule has 0 aromatic rings. The van der Waals surface area contributed by atoms with Gasteiger partial charge in [0.2, 0.25) is 0 Å². The van der Waals surface area contributed by atoms with Gasteiger partial charge in [0.05, 0.1) is 0 Å². The molecule has 128 valence electrons. The maximum Gasteiger partial charge on any atom is 0.0241 e. The van der Waals surface area contributed by atoms with E-state index < -0.39 is 0 Å². The van der Waals surface area contributed by atoms with Crippen molar-refractivity contribution in [2.75, 3.05) is 30.9 Å². The van der Waals surface area contributed by atoms with Crippen LogP contribution in [0.25, 0.3) is 0 Å². The molecule has 0 fully saturated rings. The van der Waals surface area contributed by atoms with Gasteiger partial charge in [0.1, 0.15) is 0 Å². The second-order valence-electron chi connectivity index (χ2n) is 7.26.